The molecule has 0 saturated carbocycles. The fourth-order valence-corrected chi connectivity index (χ4v) is 4.20. The third-order valence-corrected chi connectivity index (χ3v) is 5.82. The SMILES string of the molecule is CCOc1ccc(C(C(=O)NC(C)(C)C)N(C(=O)Cn2nnc3ccccc32)c2cccc(OC)c2)cc1. The fraction of sp³-hybridized carbons (Fsp3) is 0.310. The van der Waals surface area contributed by atoms with Crippen LogP contribution in [0.25, 0.3) is 11.0 Å². The number of nitrogens with zero attached hydrogens (tertiary/aromatic N) is 4. The highest BCUT2D eigenvalue weighted by molar-refractivity contribution is 6.01. The van der Waals surface area contributed by atoms with E-state index in [2.05, 4.69) is 15.6 Å². The van der Waals surface area contributed by atoms with Gasteiger partial charge in [-0.1, -0.05) is 35.5 Å². The van der Waals surface area contributed by atoms with Gasteiger partial charge in [0.25, 0.3) is 0 Å². The molecule has 9 nitrogen and oxygen atoms in total. The van der Waals surface area contributed by atoms with Gasteiger partial charge in [0.15, 0.2) is 0 Å². The number of rotatable bonds is 9. The Morgan fingerprint density at radius 2 is 1.74 bits per heavy atom. The van der Waals surface area contributed by atoms with Crippen molar-refractivity contribution < 1.29 is 19.1 Å². The summed E-state index contributed by atoms with van der Waals surface area (Å²) >= 11 is 0. The summed E-state index contributed by atoms with van der Waals surface area (Å²) in [5, 5.41) is 11.4. The summed E-state index contributed by atoms with van der Waals surface area (Å²) in [6.45, 7) is 8.02. The monoisotopic (exact) mass is 515 g/mol. The molecule has 0 aliphatic carbocycles. The van der Waals surface area contributed by atoms with Crippen molar-refractivity contribution in [3.05, 3.63) is 78.4 Å². The smallest absolute Gasteiger partial charge is 0.249 e. The number of carbonyl (C=O) groups is 2. The number of benzene rings is 3. The molecule has 4 rings (SSSR count). The van der Waals surface area contributed by atoms with E-state index in [-0.39, 0.29) is 18.4 Å². The molecule has 0 saturated heterocycles. The molecule has 9 heteroatoms. The number of carbonyl (C=O) groups excluding carboxylic acids is 2. The van der Waals surface area contributed by atoms with Crippen LogP contribution in [0.1, 0.15) is 39.3 Å². The van der Waals surface area contributed by atoms with Crippen LogP contribution >= 0.6 is 0 Å². The fourth-order valence-electron chi connectivity index (χ4n) is 4.20. The average Bonchev–Trinajstić information content (AvgIpc) is 3.29. The first-order chi connectivity index (χ1) is 18.2. The standard InChI is InChI=1S/C29H33N5O4/c1-6-38-22-16-14-20(15-17-22)27(28(36)30-29(2,3)4)34(21-10-9-11-23(18-21)37-5)26(35)19-33-25-13-8-7-12-24(25)31-32-33/h7-18,27H,6,19H2,1-5H3,(H,30,36). The minimum absolute atomic E-state index is 0.117. The Hall–Kier alpha value is -4.40. The van der Waals surface area contributed by atoms with Crippen LogP contribution in [0.2, 0.25) is 0 Å². The molecule has 1 unspecified atom stereocenters. The minimum atomic E-state index is -0.973. The Morgan fingerprint density at radius 3 is 2.42 bits per heavy atom. The molecule has 0 bridgehead atoms. The molecule has 1 heterocycles. The summed E-state index contributed by atoms with van der Waals surface area (Å²) in [7, 11) is 1.56. The molecular formula is C29H33N5O4. The van der Waals surface area contributed by atoms with Crippen LogP contribution in [0, 0.1) is 0 Å². The molecule has 38 heavy (non-hydrogen) atoms. The van der Waals surface area contributed by atoms with Crippen LogP contribution in [0.4, 0.5) is 5.69 Å². The molecule has 0 aliphatic heterocycles. The second kappa shape index (κ2) is 11.3. The quantitative estimate of drug-likeness (QED) is 0.352. The maximum atomic E-state index is 14.1. The van der Waals surface area contributed by atoms with Crippen molar-refractivity contribution in [2.24, 2.45) is 0 Å². The molecule has 198 valence electrons. The van der Waals surface area contributed by atoms with Gasteiger partial charge in [-0.2, -0.15) is 0 Å². The van der Waals surface area contributed by atoms with E-state index in [9.17, 15) is 9.59 Å². The van der Waals surface area contributed by atoms with Crippen molar-refractivity contribution in [1.29, 1.82) is 0 Å². The molecule has 3 aromatic carbocycles. The Labute approximate surface area is 222 Å². The third kappa shape index (κ3) is 6.11. The van der Waals surface area contributed by atoms with Crippen molar-refractivity contribution >= 4 is 28.5 Å². The zero-order chi connectivity index (χ0) is 27.3. The molecule has 1 N–H and O–H groups in total. The largest absolute Gasteiger partial charge is 0.497 e. The van der Waals surface area contributed by atoms with Gasteiger partial charge in [0.1, 0.15) is 29.6 Å². The van der Waals surface area contributed by atoms with Crippen molar-refractivity contribution in [3.63, 3.8) is 0 Å². The maximum Gasteiger partial charge on any atom is 0.249 e. The van der Waals surface area contributed by atoms with Gasteiger partial charge in [0.05, 0.1) is 19.2 Å². The number of fused-ring (bicyclic) bond motifs is 1. The lowest BCUT2D eigenvalue weighted by Gasteiger charge is -2.34. The maximum absolute atomic E-state index is 14.1. The summed E-state index contributed by atoms with van der Waals surface area (Å²) in [5.41, 5.74) is 2.03. The number of hydrogen-bond donors (Lipinski definition) is 1. The van der Waals surface area contributed by atoms with Crippen LogP contribution in [0.3, 0.4) is 0 Å². The summed E-state index contributed by atoms with van der Waals surface area (Å²) in [5.74, 6) is 0.589. The number of anilines is 1. The van der Waals surface area contributed by atoms with Crippen molar-refractivity contribution in [2.75, 3.05) is 18.6 Å². The minimum Gasteiger partial charge on any atom is -0.497 e. The number of nitrogens with one attached hydrogen (secondary N) is 1. The molecular weight excluding hydrogens is 482 g/mol. The predicted molar refractivity (Wildman–Crippen MR) is 146 cm³/mol. The number of aromatic nitrogens is 3. The summed E-state index contributed by atoms with van der Waals surface area (Å²) < 4.78 is 12.6. The first-order valence-corrected chi connectivity index (χ1v) is 12.5. The van der Waals surface area contributed by atoms with Gasteiger partial charge >= 0.3 is 0 Å². The second-order valence-corrected chi connectivity index (χ2v) is 9.84. The number of amides is 2. The molecule has 1 aromatic heterocycles. The van der Waals surface area contributed by atoms with Gasteiger partial charge in [0.2, 0.25) is 11.8 Å². The Morgan fingerprint density at radius 1 is 1.00 bits per heavy atom. The summed E-state index contributed by atoms with van der Waals surface area (Å²) in [6.07, 6.45) is 0. The molecule has 0 spiro atoms. The van der Waals surface area contributed by atoms with Crippen LogP contribution in [0.15, 0.2) is 72.8 Å². The lowest BCUT2D eigenvalue weighted by molar-refractivity contribution is -0.128. The Kier molecular flexibility index (Phi) is 7.95. The number of methoxy groups -OCH3 is 1. The van der Waals surface area contributed by atoms with E-state index in [1.54, 1.807) is 48.2 Å². The normalized spacial score (nSPS) is 12.1. The van der Waals surface area contributed by atoms with Crippen LogP contribution in [-0.2, 0) is 16.1 Å². The van der Waals surface area contributed by atoms with E-state index in [4.69, 9.17) is 9.47 Å². The van der Waals surface area contributed by atoms with E-state index in [1.807, 2.05) is 64.1 Å². The van der Waals surface area contributed by atoms with E-state index in [0.29, 0.717) is 34.9 Å². The van der Waals surface area contributed by atoms with E-state index < -0.39 is 11.6 Å². The van der Waals surface area contributed by atoms with E-state index in [0.717, 1.165) is 5.52 Å². The van der Waals surface area contributed by atoms with Crippen LogP contribution in [0.5, 0.6) is 11.5 Å². The van der Waals surface area contributed by atoms with Crippen molar-refractivity contribution in [1.82, 2.24) is 20.3 Å². The number of para-hydroxylation sites is 1. The lowest BCUT2D eigenvalue weighted by atomic mass is 10.0. The highest BCUT2D eigenvalue weighted by atomic mass is 16.5. The van der Waals surface area contributed by atoms with E-state index in [1.165, 1.54) is 4.90 Å². The molecule has 4 aromatic rings. The van der Waals surface area contributed by atoms with Gasteiger partial charge in [-0.25, -0.2) is 4.68 Å². The number of ether oxygens (including phenoxy) is 2. The number of hydrogen-bond acceptors (Lipinski definition) is 6. The molecule has 2 amide bonds. The van der Waals surface area contributed by atoms with E-state index >= 15 is 0 Å². The average molecular weight is 516 g/mol. The third-order valence-electron chi connectivity index (χ3n) is 5.82. The summed E-state index contributed by atoms with van der Waals surface area (Å²) in [4.78, 5) is 29.5. The topological polar surface area (TPSA) is 98.6 Å². The second-order valence-electron chi connectivity index (χ2n) is 9.84. The molecule has 0 radical (unpaired) electrons. The van der Waals surface area contributed by atoms with Crippen molar-refractivity contribution in [2.45, 2.75) is 45.8 Å². The first-order valence-electron chi connectivity index (χ1n) is 12.5. The predicted octanol–water partition coefficient (Wildman–Crippen LogP) is 4.53. The zero-order valence-corrected chi connectivity index (χ0v) is 22.3. The Bertz CT molecular complexity index is 1410. The molecule has 0 fully saturated rings. The van der Waals surface area contributed by atoms with Crippen LogP contribution < -0.4 is 19.7 Å². The van der Waals surface area contributed by atoms with Crippen LogP contribution in [-0.4, -0.2) is 46.1 Å². The van der Waals surface area contributed by atoms with Gasteiger partial charge in [-0.3, -0.25) is 14.5 Å². The highest BCUT2D eigenvalue weighted by Crippen LogP contribution is 2.32. The molecule has 0 aliphatic rings. The first kappa shape index (κ1) is 26.7. The highest BCUT2D eigenvalue weighted by Gasteiger charge is 2.35. The zero-order valence-electron chi connectivity index (χ0n) is 22.3. The van der Waals surface area contributed by atoms with Crippen molar-refractivity contribution in [3.8, 4) is 11.5 Å². The lowest BCUT2D eigenvalue weighted by Crippen LogP contribution is -2.50. The van der Waals surface area contributed by atoms with Gasteiger partial charge in [-0.15, -0.1) is 5.10 Å². The Balaban J connectivity index is 1.82. The van der Waals surface area contributed by atoms with Gasteiger partial charge in [0, 0.05) is 17.3 Å². The molecule has 1 atom stereocenters. The summed E-state index contributed by atoms with van der Waals surface area (Å²) in [6, 6.07) is 20.8. The van der Waals surface area contributed by atoms with Gasteiger partial charge in [-0.05, 0) is 69.7 Å². The van der Waals surface area contributed by atoms with Gasteiger partial charge < -0.3 is 14.8 Å².